The van der Waals surface area contributed by atoms with E-state index in [0.29, 0.717) is 5.75 Å². The Labute approximate surface area is 190 Å². The molecule has 1 saturated heterocycles. The van der Waals surface area contributed by atoms with Crippen LogP contribution < -0.4 is 5.32 Å². The van der Waals surface area contributed by atoms with Crippen LogP contribution in [0.15, 0.2) is 29.2 Å². The highest BCUT2D eigenvalue weighted by Crippen LogP contribution is 2.55. The summed E-state index contributed by atoms with van der Waals surface area (Å²) in [6, 6.07) is 7.79. The summed E-state index contributed by atoms with van der Waals surface area (Å²) in [5, 5.41) is 3.46. The molecule has 0 radical (unpaired) electrons. The van der Waals surface area contributed by atoms with Gasteiger partial charge in [0.2, 0.25) is 5.91 Å². The Morgan fingerprint density at radius 3 is 2.39 bits per heavy atom. The lowest BCUT2D eigenvalue weighted by Crippen LogP contribution is -2.60. The van der Waals surface area contributed by atoms with Crippen molar-refractivity contribution in [1.82, 2.24) is 15.1 Å². The summed E-state index contributed by atoms with van der Waals surface area (Å²) in [5.41, 5.74) is 0.791. The number of amides is 2. The summed E-state index contributed by atoms with van der Waals surface area (Å²) < 4.78 is 0. The first-order valence-electron chi connectivity index (χ1n) is 12.0. The topological polar surface area (TPSA) is 52.7 Å². The van der Waals surface area contributed by atoms with Gasteiger partial charge in [-0.3, -0.25) is 9.59 Å². The molecule has 0 spiro atoms. The summed E-state index contributed by atoms with van der Waals surface area (Å²) in [5.74, 6) is 3.08. The minimum Gasteiger partial charge on any atom is -0.350 e. The molecule has 2 amide bonds. The minimum atomic E-state index is 0.0554. The average molecular weight is 442 g/mol. The fourth-order valence-corrected chi connectivity index (χ4v) is 7.77. The van der Waals surface area contributed by atoms with Gasteiger partial charge in [-0.15, -0.1) is 11.8 Å². The number of nitrogens with one attached hydrogen (secondary N) is 1. The second-order valence-corrected chi connectivity index (χ2v) is 11.5. The largest absolute Gasteiger partial charge is 0.350 e. The Bertz CT molecular complexity index is 807. The monoisotopic (exact) mass is 441 g/mol. The summed E-state index contributed by atoms with van der Waals surface area (Å²) >= 11 is 1.51. The van der Waals surface area contributed by atoms with Gasteiger partial charge in [0.1, 0.15) is 0 Å². The van der Waals surface area contributed by atoms with Crippen LogP contribution in [0.25, 0.3) is 0 Å². The van der Waals surface area contributed by atoms with Crippen molar-refractivity contribution in [2.45, 2.75) is 55.4 Å². The van der Waals surface area contributed by atoms with Crippen LogP contribution in [0.3, 0.4) is 0 Å². The van der Waals surface area contributed by atoms with E-state index < -0.39 is 0 Å². The third-order valence-corrected chi connectivity index (χ3v) is 9.00. The van der Waals surface area contributed by atoms with E-state index >= 15 is 0 Å². The zero-order valence-electron chi connectivity index (χ0n) is 18.6. The maximum absolute atomic E-state index is 13.2. The van der Waals surface area contributed by atoms with E-state index in [1.54, 1.807) is 0 Å². The number of carbonyl (C=O) groups is 2. The Morgan fingerprint density at radius 1 is 1.00 bits per heavy atom. The molecule has 5 nitrogen and oxygen atoms in total. The van der Waals surface area contributed by atoms with Gasteiger partial charge >= 0.3 is 0 Å². The third-order valence-electron chi connectivity index (χ3n) is 7.93. The quantitative estimate of drug-likeness (QED) is 0.709. The number of thioether (sulfide) groups is 1. The van der Waals surface area contributed by atoms with Crippen LogP contribution in [0.5, 0.6) is 0 Å². The van der Waals surface area contributed by atoms with Crippen molar-refractivity contribution in [1.29, 1.82) is 0 Å². The number of hydrogen-bond donors (Lipinski definition) is 1. The Hall–Kier alpha value is -1.53. The molecule has 4 bridgehead atoms. The van der Waals surface area contributed by atoms with Gasteiger partial charge in [0.15, 0.2) is 0 Å². The van der Waals surface area contributed by atoms with Crippen molar-refractivity contribution in [2.24, 2.45) is 17.8 Å². The van der Waals surface area contributed by atoms with E-state index in [9.17, 15) is 9.59 Å². The van der Waals surface area contributed by atoms with Crippen LogP contribution in [0, 0.1) is 17.8 Å². The van der Waals surface area contributed by atoms with Gasteiger partial charge in [-0.05, 0) is 88.4 Å². The number of likely N-dealkylation sites (N-methyl/N-ethyl adjacent to an activating group) is 1. The minimum absolute atomic E-state index is 0.0554. The molecule has 5 fully saturated rings. The van der Waals surface area contributed by atoms with E-state index in [-0.39, 0.29) is 17.4 Å². The van der Waals surface area contributed by atoms with E-state index in [4.69, 9.17) is 0 Å². The van der Waals surface area contributed by atoms with Crippen molar-refractivity contribution in [3.05, 3.63) is 29.8 Å². The normalized spacial score (nSPS) is 32.7. The predicted molar refractivity (Wildman–Crippen MR) is 124 cm³/mol. The SMILES string of the molecule is CN1CCCN(C(=O)c2ccccc2SCC(=O)NC23CC4CC(CC(C4)C2)C3)CC1. The first kappa shape index (κ1) is 21.3. The van der Waals surface area contributed by atoms with E-state index in [1.807, 2.05) is 29.2 Å². The third kappa shape index (κ3) is 4.65. The maximum atomic E-state index is 13.2. The van der Waals surface area contributed by atoms with Crippen molar-refractivity contribution in [3.63, 3.8) is 0 Å². The van der Waals surface area contributed by atoms with Crippen molar-refractivity contribution >= 4 is 23.6 Å². The van der Waals surface area contributed by atoms with Gasteiger partial charge in [-0.2, -0.15) is 0 Å². The molecule has 6 rings (SSSR count). The molecular formula is C25H35N3O2S. The van der Waals surface area contributed by atoms with Crippen LogP contribution in [-0.2, 0) is 4.79 Å². The molecule has 1 N–H and O–H groups in total. The molecule has 0 aromatic heterocycles. The average Bonchev–Trinajstić information content (AvgIpc) is 2.95. The van der Waals surface area contributed by atoms with Crippen molar-refractivity contribution < 1.29 is 9.59 Å². The second-order valence-electron chi connectivity index (χ2n) is 10.5. The number of benzene rings is 1. The summed E-state index contributed by atoms with van der Waals surface area (Å²) in [6.07, 6.45) is 8.67. The van der Waals surface area contributed by atoms with Crippen LogP contribution >= 0.6 is 11.8 Å². The van der Waals surface area contributed by atoms with Gasteiger partial charge in [-0.1, -0.05) is 12.1 Å². The zero-order chi connectivity index (χ0) is 21.4. The molecule has 4 saturated carbocycles. The first-order valence-corrected chi connectivity index (χ1v) is 13.0. The van der Waals surface area contributed by atoms with Gasteiger partial charge < -0.3 is 15.1 Å². The Kier molecular flexibility index (Phi) is 6.04. The molecule has 1 aromatic rings. The van der Waals surface area contributed by atoms with Gasteiger partial charge in [0.05, 0.1) is 11.3 Å². The lowest BCUT2D eigenvalue weighted by Gasteiger charge is -2.56. The van der Waals surface area contributed by atoms with E-state index in [0.717, 1.165) is 60.8 Å². The highest BCUT2D eigenvalue weighted by molar-refractivity contribution is 8.00. The van der Waals surface area contributed by atoms with Gasteiger partial charge in [0, 0.05) is 30.1 Å². The molecule has 31 heavy (non-hydrogen) atoms. The zero-order valence-corrected chi connectivity index (χ0v) is 19.5. The summed E-state index contributed by atoms with van der Waals surface area (Å²) in [6.45, 7) is 3.51. The van der Waals surface area contributed by atoms with Crippen molar-refractivity contribution in [2.75, 3.05) is 39.0 Å². The van der Waals surface area contributed by atoms with E-state index in [2.05, 4.69) is 17.3 Å². The summed E-state index contributed by atoms with van der Waals surface area (Å²) in [7, 11) is 2.11. The van der Waals surface area contributed by atoms with Crippen LogP contribution in [-0.4, -0.2) is 66.1 Å². The summed E-state index contributed by atoms with van der Waals surface area (Å²) in [4.78, 5) is 31.3. The smallest absolute Gasteiger partial charge is 0.255 e. The van der Waals surface area contributed by atoms with Crippen LogP contribution in [0.4, 0.5) is 0 Å². The molecule has 168 valence electrons. The second kappa shape index (κ2) is 8.78. The Morgan fingerprint density at radius 2 is 1.68 bits per heavy atom. The standard InChI is InChI=1S/C25H35N3O2S/c1-27-7-4-8-28(10-9-27)24(30)21-5-2-3-6-22(21)31-17-23(29)26-25-14-18-11-19(15-25)13-20(12-18)16-25/h2-3,5-6,18-20H,4,7-17H2,1H3,(H,26,29). The number of hydrogen-bond acceptors (Lipinski definition) is 4. The molecule has 1 aromatic carbocycles. The predicted octanol–water partition coefficient (Wildman–Crippen LogP) is 3.64. The van der Waals surface area contributed by atoms with Gasteiger partial charge in [0.25, 0.3) is 5.91 Å². The van der Waals surface area contributed by atoms with E-state index in [1.165, 1.54) is 50.3 Å². The maximum Gasteiger partial charge on any atom is 0.255 e. The molecule has 5 aliphatic rings. The first-order chi connectivity index (χ1) is 15.0. The molecule has 0 unspecified atom stereocenters. The Balaban J connectivity index is 1.21. The van der Waals surface area contributed by atoms with Crippen molar-refractivity contribution in [3.8, 4) is 0 Å². The molecule has 6 heteroatoms. The highest BCUT2D eigenvalue weighted by Gasteiger charge is 2.51. The number of nitrogens with zero attached hydrogens (tertiary/aromatic N) is 2. The van der Waals surface area contributed by atoms with Crippen LogP contribution in [0.1, 0.15) is 55.3 Å². The molecular weight excluding hydrogens is 406 g/mol. The molecule has 1 aliphatic heterocycles. The fourth-order valence-electron chi connectivity index (χ4n) is 6.93. The number of rotatable bonds is 5. The lowest BCUT2D eigenvalue weighted by atomic mass is 9.53. The molecule has 1 heterocycles. The molecule has 0 atom stereocenters. The lowest BCUT2D eigenvalue weighted by molar-refractivity contribution is -0.124. The molecule has 4 aliphatic carbocycles. The number of carbonyl (C=O) groups excluding carboxylic acids is 2. The fraction of sp³-hybridized carbons (Fsp3) is 0.680. The van der Waals surface area contributed by atoms with Gasteiger partial charge in [-0.25, -0.2) is 0 Å². The van der Waals surface area contributed by atoms with Crippen LogP contribution in [0.2, 0.25) is 0 Å². The highest BCUT2D eigenvalue weighted by atomic mass is 32.2.